The van der Waals surface area contributed by atoms with Gasteiger partial charge in [0.25, 0.3) is 5.91 Å². The van der Waals surface area contributed by atoms with E-state index in [0.29, 0.717) is 28.0 Å². The number of likely N-dealkylation sites (N-methyl/N-ethyl adjacent to an activating group) is 1. The number of hydrogen-bond acceptors (Lipinski definition) is 6. The van der Waals surface area contributed by atoms with Gasteiger partial charge in [0.05, 0.1) is 22.0 Å². The number of likely N-dealkylation sites (tertiary alicyclic amines) is 1. The summed E-state index contributed by atoms with van der Waals surface area (Å²) in [5, 5.41) is 7.44. The van der Waals surface area contributed by atoms with E-state index in [1.54, 1.807) is 18.2 Å². The Hall–Kier alpha value is -4.14. The minimum Gasteiger partial charge on any atom is -0.383 e. The number of nitrogens with one attached hydrogen (secondary N) is 1. The van der Waals surface area contributed by atoms with Gasteiger partial charge in [-0.3, -0.25) is 4.79 Å². The van der Waals surface area contributed by atoms with E-state index in [0.717, 1.165) is 37.2 Å². The number of carbonyl (C=O) groups excluding carboxylic acids is 1. The van der Waals surface area contributed by atoms with Crippen LogP contribution in [0.1, 0.15) is 45.2 Å². The Kier molecular flexibility index (Phi) is 6.92. The Morgan fingerprint density at radius 2 is 1.97 bits per heavy atom. The molecule has 1 amide bonds. The minimum atomic E-state index is -4.68. The number of aromatic nitrogens is 4. The number of amides is 1. The van der Waals surface area contributed by atoms with Gasteiger partial charge in [-0.05, 0) is 62.2 Å². The molecule has 1 aliphatic heterocycles. The summed E-state index contributed by atoms with van der Waals surface area (Å²) in [6, 6.07) is 8.19. The summed E-state index contributed by atoms with van der Waals surface area (Å²) in [7, 11) is 2.05. The fourth-order valence-corrected chi connectivity index (χ4v) is 4.72. The average Bonchev–Trinajstić information content (AvgIpc) is 3.48. The number of aryl methyl sites for hydroxylation is 1. The zero-order valence-corrected chi connectivity index (χ0v) is 21.7. The minimum absolute atomic E-state index is 0.133. The van der Waals surface area contributed by atoms with E-state index in [1.165, 1.54) is 12.4 Å². The maximum absolute atomic E-state index is 13.2. The third kappa shape index (κ3) is 5.39. The first-order valence-corrected chi connectivity index (χ1v) is 12.4. The highest BCUT2D eigenvalue weighted by molar-refractivity contribution is 6.31. The van der Waals surface area contributed by atoms with Gasteiger partial charge < -0.3 is 16.0 Å². The van der Waals surface area contributed by atoms with E-state index in [-0.39, 0.29) is 17.4 Å². The molecule has 3 N–H and O–H groups in total. The van der Waals surface area contributed by atoms with Crippen molar-refractivity contribution in [2.75, 3.05) is 31.2 Å². The molecule has 3 heterocycles. The van der Waals surface area contributed by atoms with Gasteiger partial charge in [-0.2, -0.15) is 18.3 Å². The second-order valence-electron chi connectivity index (χ2n) is 9.38. The third-order valence-corrected chi connectivity index (χ3v) is 6.91. The third-order valence-electron chi connectivity index (χ3n) is 6.58. The first kappa shape index (κ1) is 26.5. The lowest BCUT2D eigenvalue weighted by Gasteiger charge is -2.11. The van der Waals surface area contributed by atoms with Crippen molar-refractivity contribution >= 4 is 40.0 Å². The number of nitrogens with two attached hydrogens (primary N) is 1. The van der Waals surface area contributed by atoms with Gasteiger partial charge in [-0.25, -0.2) is 14.6 Å². The Morgan fingerprint density at radius 3 is 2.69 bits per heavy atom. The van der Waals surface area contributed by atoms with Crippen molar-refractivity contribution in [1.82, 2.24) is 24.6 Å². The molecular formula is C27H23ClF3N7O. The van der Waals surface area contributed by atoms with E-state index in [9.17, 15) is 18.0 Å². The van der Waals surface area contributed by atoms with Crippen molar-refractivity contribution in [3.8, 4) is 11.8 Å². The van der Waals surface area contributed by atoms with Crippen LogP contribution in [0.15, 0.2) is 42.7 Å². The quantitative estimate of drug-likeness (QED) is 0.349. The lowest BCUT2D eigenvalue weighted by atomic mass is 10.1. The molecule has 200 valence electrons. The van der Waals surface area contributed by atoms with Crippen LogP contribution in [0.3, 0.4) is 0 Å². The van der Waals surface area contributed by atoms with Crippen molar-refractivity contribution in [2.45, 2.75) is 25.6 Å². The van der Waals surface area contributed by atoms with Crippen LogP contribution >= 0.6 is 11.6 Å². The summed E-state index contributed by atoms with van der Waals surface area (Å²) >= 11 is 5.67. The molecule has 0 saturated carbocycles. The molecule has 8 nitrogen and oxygen atoms in total. The first-order chi connectivity index (χ1) is 18.5. The molecule has 1 fully saturated rings. The SMILES string of the molecule is Cc1ccc(NC(=O)c2ccc(Cl)c(C(F)(F)F)c2)cc1C#Cc1nn([C@@H]2CCN(C)C2)c2ncnc(N)c12. The predicted molar refractivity (Wildman–Crippen MR) is 142 cm³/mol. The summed E-state index contributed by atoms with van der Waals surface area (Å²) in [6.45, 7) is 3.62. The number of rotatable bonds is 3. The Morgan fingerprint density at radius 1 is 1.18 bits per heavy atom. The van der Waals surface area contributed by atoms with Crippen molar-refractivity contribution < 1.29 is 18.0 Å². The molecule has 2 aromatic heterocycles. The van der Waals surface area contributed by atoms with Gasteiger partial charge in [0.15, 0.2) is 5.65 Å². The van der Waals surface area contributed by atoms with E-state index >= 15 is 0 Å². The monoisotopic (exact) mass is 553 g/mol. The predicted octanol–water partition coefficient (Wildman–Crippen LogP) is 4.92. The van der Waals surface area contributed by atoms with E-state index in [2.05, 4.69) is 32.0 Å². The fraction of sp³-hybridized carbons (Fsp3) is 0.259. The molecule has 12 heteroatoms. The van der Waals surface area contributed by atoms with Crippen molar-refractivity contribution in [2.24, 2.45) is 0 Å². The van der Waals surface area contributed by atoms with Crippen LogP contribution in [0.25, 0.3) is 11.0 Å². The lowest BCUT2D eigenvalue weighted by Crippen LogP contribution is -2.17. The zero-order chi connectivity index (χ0) is 27.9. The molecule has 0 spiro atoms. The highest BCUT2D eigenvalue weighted by Crippen LogP contribution is 2.35. The normalized spacial score (nSPS) is 15.8. The molecule has 0 radical (unpaired) electrons. The van der Waals surface area contributed by atoms with Crippen LogP contribution in [-0.2, 0) is 6.18 Å². The number of anilines is 2. The van der Waals surface area contributed by atoms with Crippen LogP contribution < -0.4 is 11.1 Å². The largest absolute Gasteiger partial charge is 0.417 e. The number of carbonyl (C=O) groups is 1. The van der Waals surface area contributed by atoms with Crippen LogP contribution in [0.2, 0.25) is 5.02 Å². The van der Waals surface area contributed by atoms with E-state index in [1.807, 2.05) is 18.7 Å². The zero-order valence-electron chi connectivity index (χ0n) is 21.0. The average molecular weight is 554 g/mol. The molecule has 39 heavy (non-hydrogen) atoms. The molecule has 0 bridgehead atoms. The molecule has 0 aliphatic carbocycles. The topological polar surface area (TPSA) is 102 Å². The van der Waals surface area contributed by atoms with Gasteiger partial charge in [0, 0.05) is 29.9 Å². The van der Waals surface area contributed by atoms with Crippen molar-refractivity contribution in [3.05, 3.63) is 75.7 Å². The van der Waals surface area contributed by atoms with Gasteiger partial charge in [-0.15, -0.1) is 0 Å². The first-order valence-electron chi connectivity index (χ1n) is 12.0. The molecular weight excluding hydrogens is 531 g/mol. The molecule has 2 aromatic carbocycles. The maximum Gasteiger partial charge on any atom is 0.417 e. The van der Waals surface area contributed by atoms with Crippen LogP contribution in [0.4, 0.5) is 24.7 Å². The molecule has 4 aromatic rings. The van der Waals surface area contributed by atoms with Crippen molar-refractivity contribution in [1.29, 1.82) is 0 Å². The van der Waals surface area contributed by atoms with E-state index < -0.39 is 22.7 Å². The smallest absolute Gasteiger partial charge is 0.383 e. The highest BCUT2D eigenvalue weighted by Gasteiger charge is 2.34. The highest BCUT2D eigenvalue weighted by atomic mass is 35.5. The summed E-state index contributed by atoms with van der Waals surface area (Å²) in [5.74, 6) is 5.73. The number of alkyl halides is 3. The second kappa shape index (κ2) is 10.2. The van der Waals surface area contributed by atoms with Gasteiger partial charge in [0.2, 0.25) is 0 Å². The molecule has 1 saturated heterocycles. The standard InChI is InChI=1S/C27H23ClF3N7O/c1-15-3-6-18(35-26(39)17-4-7-21(28)20(12-17)27(29,30)31)11-16(15)5-8-22-23-24(32)33-14-34-25(23)38(36-22)19-9-10-37(2)13-19/h3-4,6-7,11-12,14,19H,9-10,13H2,1-2H3,(H,35,39)(H2,32,33,34)/t19-/m1/s1. The van der Waals surface area contributed by atoms with Crippen LogP contribution in [-0.4, -0.2) is 50.7 Å². The lowest BCUT2D eigenvalue weighted by molar-refractivity contribution is -0.137. The van der Waals surface area contributed by atoms with Gasteiger partial charge in [0.1, 0.15) is 17.8 Å². The van der Waals surface area contributed by atoms with Crippen molar-refractivity contribution in [3.63, 3.8) is 0 Å². The number of nitrogens with zero attached hydrogens (tertiary/aromatic N) is 5. The Bertz CT molecular complexity index is 1660. The van der Waals surface area contributed by atoms with E-state index in [4.69, 9.17) is 22.4 Å². The summed E-state index contributed by atoms with van der Waals surface area (Å²) < 4.78 is 41.5. The Labute approximate surface area is 227 Å². The van der Waals surface area contributed by atoms with Crippen LogP contribution in [0.5, 0.6) is 0 Å². The number of hydrogen-bond donors (Lipinski definition) is 2. The number of fused-ring (bicyclic) bond motifs is 1. The Balaban J connectivity index is 1.45. The summed E-state index contributed by atoms with van der Waals surface area (Å²) in [4.78, 5) is 23.4. The molecule has 1 atom stereocenters. The number of nitrogen functional groups attached to an aromatic ring is 1. The number of benzene rings is 2. The summed E-state index contributed by atoms with van der Waals surface area (Å²) in [5.41, 5.74) is 7.76. The van der Waals surface area contributed by atoms with Gasteiger partial charge in [-0.1, -0.05) is 23.6 Å². The summed E-state index contributed by atoms with van der Waals surface area (Å²) in [6.07, 6.45) is -2.36. The molecule has 1 aliphatic rings. The number of halogens is 4. The van der Waals surface area contributed by atoms with Gasteiger partial charge >= 0.3 is 6.18 Å². The fourth-order valence-electron chi connectivity index (χ4n) is 4.50. The molecule has 0 unspecified atom stereocenters. The molecule has 5 rings (SSSR count). The second-order valence-corrected chi connectivity index (χ2v) is 9.79. The van der Waals surface area contributed by atoms with Crippen LogP contribution in [0, 0.1) is 18.8 Å². The maximum atomic E-state index is 13.2.